The van der Waals surface area contributed by atoms with Gasteiger partial charge in [0.15, 0.2) is 6.10 Å². The van der Waals surface area contributed by atoms with Crippen molar-refractivity contribution in [3.8, 4) is 0 Å². The van der Waals surface area contributed by atoms with E-state index in [1.54, 1.807) is 0 Å². The number of rotatable bonds is 2. The number of amides is 1. The molecule has 1 atom stereocenters. The number of morpholine rings is 1. The zero-order valence-corrected chi connectivity index (χ0v) is 10.3. The third-order valence-electron chi connectivity index (χ3n) is 2.72. The lowest BCUT2D eigenvalue weighted by atomic mass is 10.2. The summed E-state index contributed by atoms with van der Waals surface area (Å²) in [5.74, 6) is -0.889. The second-order valence-electron chi connectivity index (χ2n) is 3.94. The predicted molar refractivity (Wildman–Crippen MR) is 62.5 cm³/mol. The molecule has 1 N–H and O–H groups in total. The predicted octanol–water partition coefficient (Wildman–Crippen LogP) is -1.22. The van der Waals surface area contributed by atoms with Crippen molar-refractivity contribution < 1.29 is 19.1 Å². The van der Waals surface area contributed by atoms with E-state index in [2.05, 4.69) is 14.9 Å². The summed E-state index contributed by atoms with van der Waals surface area (Å²) < 4.78 is 9.79. The highest BCUT2D eigenvalue weighted by atomic mass is 16.6. The molecule has 0 saturated carbocycles. The molecule has 1 unspecified atom stereocenters. The molecule has 1 aliphatic rings. The van der Waals surface area contributed by atoms with Crippen LogP contribution in [0.4, 0.5) is 0 Å². The number of nitrogens with one attached hydrogen (secondary N) is 1. The van der Waals surface area contributed by atoms with Gasteiger partial charge in [-0.05, 0) is 6.07 Å². The fourth-order valence-corrected chi connectivity index (χ4v) is 1.73. The number of aromatic amines is 1. The highest BCUT2D eigenvalue weighted by Gasteiger charge is 2.30. The third-order valence-corrected chi connectivity index (χ3v) is 2.72. The van der Waals surface area contributed by atoms with Crippen LogP contribution in [-0.4, -0.2) is 59.9 Å². The molecule has 2 heterocycles. The second-order valence-corrected chi connectivity index (χ2v) is 3.94. The van der Waals surface area contributed by atoms with Gasteiger partial charge in [0.05, 0.1) is 20.3 Å². The van der Waals surface area contributed by atoms with Crippen LogP contribution < -0.4 is 5.56 Å². The first-order valence-electron chi connectivity index (χ1n) is 5.66. The Morgan fingerprint density at radius 3 is 2.95 bits per heavy atom. The minimum atomic E-state index is -0.787. The van der Waals surface area contributed by atoms with Crippen LogP contribution in [0.5, 0.6) is 0 Å². The van der Waals surface area contributed by atoms with Crippen molar-refractivity contribution in [2.75, 3.05) is 26.8 Å². The van der Waals surface area contributed by atoms with Crippen LogP contribution in [0.15, 0.2) is 16.9 Å². The molecule has 1 aromatic rings. The quantitative estimate of drug-likeness (QED) is 0.674. The van der Waals surface area contributed by atoms with Gasteiger partial charge in [-0.3, -0.25) is 9.59 Å². The van der Waals surface area contributed by atoms with Crippen molar-refractivity contribution >= 4 is 11.9 Å². The Bertz CT molecular complexity index is 521. The van der Waals surface area contributed by atoms with Gasteiger partial charge in [-0.1, -0.05) is 0 Å². The molecule has 8 heteroatoms. The molecule has 0 radical (unpaired) electrons. The molecule has 0 aromatic carbocycles. The van der Waals surface area contributed by atoms with Crippen LogP contribution in [-0.2, 0) is 14.3 Å². The molecule has 0 spiro atoms. The van der Waals surface area contributed by atoms with Crippen molar-refractivity contribution in [2.45, 2.75) is 6.10 Å². The zero-order chi connectivity index (χ0) is 13.8. The first kappa shape index (κ1) is 13.2. The smallest absolute Gasteiger partial charge is 0.336 e. The van der Waals surface area contributed by atoms with Gasteiger partial charge in [0.2, 0.25) is 0 Å². The summed E-state index contributed by atoms with van der Waals surface area (Å²) in [6.45, 7) is 0.703. The van der Waals surface area contributed by atoms with E-state index in [1.165, 1.54) is 24.1 Å². The Balaban J connectivity index is 2.08. The number of nitrogens with zero attached hydrogens (tertiary/aromatic N) is 2. The Labute approximate surface area is 108 Å². The summed E-state index contributed by atoms with van der Waals surface area (Å²) in [6.07, 6.45) is -0.787. The van der Waals surface area contributed by atoms with E-state index in [1.807, 2.05) is 0 Å². The lowest BCUT2D eigenvalue weighted by Crippen LogP contribution is -2.49. The summed E-state index contributed by atoms with van der Waals surface area (Å²) in [6, 6.07) is 2.56. The Morgan fingerprint density at radius 1 is 1.53 bits per heavy atom. The summed E-state index contributed by atoms with van der Waals surface area (Å²) in [5, 5.41) is 5.85. The van der Waals surface area contributed by atoms with Gasteiger partial charge < -0.3 is 14.4 Å². The normalized spacial score (nSPS) is 19.0. The van der Waals surface area contributed by atoms with Crippen LogP contribution in [0.1, 0.15) is 10.5 Å². The molecule has 1 fully saturated rings. The van der Waals surface area contributed by atoms with Crippen molar-refractivity contribution in [1.29, 1.82) is 0 Å². The highest BCUT2D eigenvalue weighted by molar-refractivity contribution is 5.92. The lowest BCUT2D eigenvalue weighted by Gasteiger charge is -2.31. The summed E-state index contributed by atoms with van der Waals surface area (Å²) in [7, 11) is 1.26. The van der Waals surface area contributed by atoms with Crippen LogP contribution in [0.2, 0.25) is 0 Å². The summed E-state index contributed by atoms with van der Waals surface area (Å²) >= 11 is 0. The standard InChI is InChI=1S/C11H13N3O5/c1-18-11(17)8-6-14(4-5-19-8)10(16)7-2-3-9(15)13-12-7/h2-3,8H,4-6H2,1H3,(H,13,15). The van der Waals surface area contributed by atoms with Gasteiger partial charge in [-0.25, -0.2) is 9.89 Å². The van der Waals surface area contributed by atoms with E-state index in [0.29, 0.717) is 6.54 Å². The van der Waals surface area contributed by atoms with E-state index in [-0.39, 0.29) is 30.3 Å². The van der Waals surface area contributed by atoms with Crippen LogP contribution >= 0.6 is 0 Å². The van der Waals surface area contributed by atoms with Gasteiger partial charge >= 0.3 is 5.97 Å². The van der Waals surface area contributed by atoms with E-state index in [4.69, 9.17) is 4.74 Å². The first-order valence-corrected chi connectivity index (χ1v) is 5.66. The molecule has 1 saturated heterocycles. The van der Waals surface area contributed by atoms with E-state index >= 15 is 0 Å². The average molecular weight is 267 g/mol. The van der Waals surface area contributed by atoms with E-state index in [0.717, 1.165) is 0 Å². The maximum atomic E-state index is 12.1. The Kier molecular flexibility index (Phi) is 3.91. The molecular weight excluding hydrogens is 254 g/mol. The fraction of sp³-hybridized carbons (Fsp3) is 0.455. The zero-order valence-electron chi connectivity index (χ0n) is 10.3. The average Bonchev–Trinajstić information content (AvgIpc) is 2.46. The molecule has 1 aliphatic heterocycles. The van der Waals surface area contributed by atoms with Crippen molar-refractivity contribution in [2.24, 2.45) is 0 Å². The molecule has 0 bridgehead atoms. The third kappa shape index (κ3) is 2.97. The number of hydrogen-bond acceptors (Lipinski definition) is 6. The molecule has 2 rings (SSSR count). The SMILES string of the molecule is COC(=O)C1CN(C(=O)c2ccc(=O)[nH]n2)CCO1. The molecule has 1 aromatic heterocycles. The van der Waals surface area contributed by atoms with Gasteiger partial charge in [-0.2, -0.15) is 5.10 Å². The topological polar surface area (TPSA) is 102 Å². The van der Waals surface area contributed by atoms with E-state index < -0.39 is 12.1 Å². The number of hydrogen-bond donors (Lipinski definition) is 1. The van der Waals surface area contributed by atoms with Gasteiger partial charge in [-0.15, -0.1) is 0 Å². The molecule has 8 nitrogen and oxygen atoms in total. The number of methoxy groups -OCH3 is 1. The van der Waals surface area contributed by atoms with Crippen molar-refractivity contribution in [3.05, 3.63) is 28.2 Å². The Hall–Kier alpha value is -2.22. The molecule has 0 aliphatic carbocycles. The highest BCUT2D eigenvalue weighted by Crippen LogP contribution is 2.09. The number of aromatic nitrogens is 2. The number of ether oxygens (including phenoxy) is 2. The lowest BCUT2D eigenvalue weighted by molar-refractivity contribution is -0.158. The van der Waals surface area contributed by atoms with Gasteiger partial charge in [0, 0.05) is 12.6 Å². The van der Waals surface area contributed by atoms with Crippen molar-refractivity contribution in [1.82, 2.24) is 15.1 Å². The largest absolute Gasteiger partial charge is 0.467 e. The first-order chi connectivity index (χ1) is 9.11. The number of carbonyl (C=O) groups is 2. The van der Waals surface area contributed by atoms with E-state index in [9.17, 15) is 14.4 Å². The number of esters is 1. The minimum absolute atomic E-state index is 0.103. The van der Waals surface area contributed by atoms with Crippen molar-refractivity contribution in [3.63, 3.8) is 0 Å². The number of H-pyrrole nitrogens is 1. The second kappa shape index (κ2) is 5.61. The van der Waals surface area contributed by atoms with Gasteiger partial charge in [0.25, 0.3) is 11.5 Å². The minimum Gasteiger partial charge on any atom is -0.467 e. The Morgan fingerprint density at radius 2 is 2.32 bits per heavy atom. The van der Waals surface area contributed by atoms with Gasteiger partial charge in [0.1, 0.15) is 5.69 Å². The maximum Gasteiger partial charge on any atom is 0.336 e. The molecular formula is C11H13N3O5. The van der Waals surface area contributed by atoms with Crippen LogP contribution in [0.3, 0.4) is 0 Å². The fourth-order valence-electron chi connectivity index (χ4n) is 1.73. The van der Waals surface area contributed by atoms with Crippen LogP contribution in [0.25, 0.3) is 0 Å². The maximum absolute atomic E-state index is 12.1. The summed E-state index contributed by atoms with van der Waals surface area (Å²) in [4.78, 5) is 35.8. The molecule has 102 valence electrons. The monoisotopic (exact) mass is 267 g/mol. The molecule has 19 heavy (non-hydrogen) atoms. The number of carbonyl (C=O) groups excluding carboxylic acids is 2. The summed E-state index contributed by atoms with van der Waals surface area (Å²) in [5.41, 5.74) is -0.268. The van der Waals surface area contributed by atoms with Crippen LogP contribution in [0, 0.1) is 0 Å². The molecule has 1 amide bonds.